The van der Waals surface area contributed by atoms with Crippen LogP contribution in [0.3, 0.4) is 0 Å². The van der Waals surface area contributed by atoms with E-state index in [0.717, 1.165) is 25.7 Å². The van der Waals surface area contributed by atoms with Gasteiger partial charge in [-0.1, -0.05) is 44.7 Å². The van der Waals surface area contributed by atoms with Gasteiger partial charge in [-0.25, -0.2) is 4.79 Å². The number of nitrogens with zero attached hydrogens (tertiary/aromatic N) is 1. The maximum Gasteiger partial charge on any atom is 0.326 e. The van der Waals surface area contributed by atoms with Crippen LogP contribution in [0, 0.1) is 10.1 Å². The van der Waals surface area contributed by atoms with Crippen LogP contribution in [0.1, 0.15) is 44.6 Å². The molecule has 0 fully saturated rings. The number of non-ortho nitro benzene ring substituents is 1. The molecule has 1 rings (SSSR count). The highest BCUT2D eigenvalue weighted by Crippen LogP contribution is 2.13. The van der Waals surface area contributed by atoms with Crippen molar-refractivity contribution in [2.75, 3.05) is 0 Å². The lowest BCUT2D eigenvalue weighted by Gasteiger charge is -2.14. The van der Waals surface area contributed by atoms with Crippen LogP contribution in [-0.4, -0.2) is 27.9 Å². The summed E-state index contributed by atoms with van der Waals surface area (Å²) in [5.41, 5.74) is 0.386. The second-order valence-corrected chi connectivity index (χ2v) is 5.41. The van der Waals surface area contributed by atoms with E-state index in [0.29, 0.717) is 12.0 Å². The summed E-state index contributed by atoms with van der Waals surface area (Å²) in [5.74, 6) is -1.51. The Hall–Kier alpha value is -2.44. The predicted molar refractivity (Wildman–Crippen MR) is 85.1 cm³/mol. The Morgan fingerprint density at radius 3 is 2.65 bits per heavy atom. The number of aliphatic carboxylic acids is 1. The number of hydrogen-bond acceptors (Lipinski definition) is 4. The molecule has 0 heterocycles. The largest absolute Gasteiger partial charge is 0.480 e. The van der Waals surface area contributed by atoms with E-state index >= 15 is 0 Å². The molecule has 2 N–H and O–H groups in total. The van der Waals surface area contributed by atoms with Crippen molar-refractivity contribution in [3.8, 4) is 0 Å². The first-order valence-electron chi connectivity index (χ1n) is 7.69. The lowest BCUT2D eigenvalue weighted by Crippen LogP contribution is -2.41. The summed E-state index contributed by atoms with van der Waals surface area (Å²) in [7, 11) is 0. The Bertz CT molecular complexity index is 559. The molecule has 1 aromatic carbocycles. The minimum absolute atomic E-state index is 0.0829. The molecule has 0 aromatic heterocycles. The first-order chi connectivity index (χ1) is 10.9. The van der Waals surface area contributed by atoms with Crippen molar-refractivity contribution in [1.82, 2.24) is 5.32 Å². The van der Waals surface area contributed by atoms with Crippen molar-refractivity contribution in [3.63, 3.8) is 0 Å². The van der Waals surface area contributed by atoms with E-state index in [1.165, 1.54) is 18.2 Å². The van der Waals surface area contributed by atoms with Gasteiger partial charge >= 0.3 is 5.97 Å². The topological polar surface area (TPSA) is 110 Å². The van der Waals surface area contributed by atoms with E-state index in [1.54, 1.807) is 6.07 Å². The standard InChI is InChI=1S/C16H22N2O5/c1-2-3-4-5-9-14(16(20)21)17-15(19)11-12-7-6-8-13(10-12)18(22)23/h6-8,10,14H,2-5,9,11H2,1H3,(H,17,19)(H,20,21)/t14-/m1/s1. The smallest absolute Gasteiger partial charge is 0.326 e. The molecular formula is C16H22N2O5. The quantitative estimate of drug-likeness (QED) is 0.391. The molecule has 7 nitrogen and oxygen atoms in total. The Labute approximate surface area is 134 Å². The molecule has 0 saturated heterocycles. The molecule has 0 saturated carbocycles. The van der Waals surface area contributed by atoms with Crippen LogP contribution in [0.15, 0.2) is 24.3 Å². The number of carboxylic acids is 1. The van der Waals surface area contributed by atoms with Crippen LogP contribution in [0.2, 0.25) is 0 Å². The Kier molecular flexibility index (Phi) is 7.73. The zero-order valence-electron chi connectivity index (χ0n) is 13.2. The number of benzene rings is 1. The molecule has 0 aliphatic carbocycles. The molecule has 7 heteroatoms. The molecule has 23 heavy (non-hydrogen) atoms. The molecule has 0 spiro atoms. The first kappa shape index (κ1) is 18.6. The average molecular weight is 322 g/mol. The Morgan fingerprint density at radius 1 is 1.30 bits per heavy atom. The van der Waals surface area contributed by atoms with Gasteiger partial charge in [0.15, 0.2) is 0 Å². The third-order valence-corrected chi connectivity index (χ3v) is 3.47. The van der Waals surface area contributed by atoms with Gasteiger partial charge in [-0.05, 0) is 12.0 Å². The zero-order valence-corrected chi connectivity index (χ0v) is 13.2. The number of carboxylic acid groups (broad SMARTS) is 1. The number of carbonyl (C=O) groups excluding carboxylic acids is 1. The molecule has 126 valence electrons. The molecule has 0 aliphatic rings. The molecule has 0 unspecified atom stereocenters. The third kappa shape index (κ3) is 6.90. The second-order valence-electron chi connectivity index (χ2n) is 5.41. The molecule has 1 amide bonds. The zero-order chi connectivity index (χ0) is 17.2. The normalized spacial score (nSPS) is 11.7. The summed E-state index contributed by atoms with van der Waals surface area (Å²) in [6.07, 6.45) is 4.06. The number of unbranched alkanes of at least 4 members (excludes halogenated alkanes) is 3. The van der Waals surface area contributed by atoms with Gasteiger partial charge in [0.2, 0.25) is 5.91 Å². The van der Waals surface area contributed by atoms with Crippen molar-refractivity contribution in [3.05, 3.63) is 39.9 Å². The molecule has 0 aliphatic heterocycles. The fourth-order valence-corrected chi connectivity index (χ4v) is 2.24. The van der Waals surface area contributed by atoms with Gasteiger partial charge in [0.1, 0.15) is 6.04 Å². The van der Waals surface area contributed by atoms with Gasteiger partial charge in [0, 0.05) is 12.1 Å². The number of nitrogens with one attached hydrogen (secondary N) is 1. The Balaban J connectivity index is 2.56. The third-order valence-electron chi connectivity index (χ3n) is 3.47. The summed E-state index contributed by atoms with van der Waals surface area (Å²) >= 11 is 0. The maximum atomic E-state index is 12.0. The number of nitro benzene ring substituents is 1. The van der Waals surface area contributed by atoms with Crippen LogP contribution in [0.25, 0.3) is 0 Å². The van der Waals surface area contributed by atoms with Crippen molar-refractivity contribution >= 4 is 17.6 Å². The van der Waals surface area contributed by atoms with Crippen molar-refractivity contribution in [1.29, 1.82) is 0 Å². The first-order valence-corrected chi connectivity index (χ1v) is 7.69. The predicted octanol–water partition coefficient (Wildman–Crippen LogP) is 2.68. The highest BCUT2D eigenvalue weighted by Gasteiger charge is 2.19. The number of nitro groups is 1. The number of rotatable bonds is 10. The van der Waals surface area contributed by atoms with E-state index in [4.69, 9.17) is 5.11 Å². The summed E-state index contributed by atoms with van der Waals surface area (Å²) in [6, 6.07) is 4.84. The van der Waals surface area contributed by atoms with Gasteiger partial charge < -0.3 is 10.4 Å². The van der Waals surface area contributed by atoms with Crippen LogP contribution >= 0.6 is 0 Å². The lowest BCUT2D eigenvalue weighted by atomic mass is 10.1. The van der Waals surface area contributed by atoms with E-state index in [-0.39, 0.29) is 12.1 Å². The van der Waals surface area contributed by atoms with Crippen LogP contribution in [-0.2, 0) is 16.0 Å². The fourth-order valence-electron chi connectivity index (χ4n) is 2.24. The van der Waals surface area contributed by atoms with Crippen molar-refractivity contribution in [2.24, 2.45) is 0 Å². The molecule has 0 bridgehead atoms. The van der Waals surface area contributed by atoms with Gasteiger partial charge in [0.05, 0.1) is 11.3 Å². The minimum atomic E-state index is -1.06. The fraction of sp³-hybridized carbons (Fsp3) is 0.500. The SMILES string of the molecule is CCCCCC[C@@H](NC(=O)Cc1cccc([N+](=O)[O-])c1)C(=O)O. The molecule has 1 atom stereocenters. The summed E-state index contributed by atoms with van der Waals surface area (Å²) in [4.78, 5) is 33.3. The van der Waals surface area contributed by atoms with Gasteiger partial charge in [0.25, 0.3) is 5.69 Å². The summed E-state index contributed by atoms with van der Waals surface area (Å²) < 4.78 is 0. The van der Waals surface area contributed by atoms with Crippen LogP contribution < -0.4 is 5.32 Å². The summed E-state index contributed by atoms with van der Waals surface area (Å²) in [6.45, 7) is 2.06. The maximum absolute atomic E-state index is 12.0. The van der Waals surface area contributed by atoms with Gasteiger partial charge in [-0.3, -0.25) is 14.9 Å². The van der Waals surface area contributed by atoms with E-state index in [2.05, 4.69) is 12.2 Å². The summed E-state index contributed by atoms with van der Waals surface area (Å²) in [5, 5.41) is 22.3. The second kappa shape index (κ2) is 9.55. The highest BCUT2D eigenvalue weighted by molar-refractivity contribution is 5.84. The molecule has 0 radical (unpaired) electrons. The molecule has 1 aromatic rings. The van der Waals surface area contributed by atoms with Crippen LogP contribution in [0.5, 0.6) is 0 Å². The highest BCUT2D eigenvalue weighted by atomic mass is 16.6. The number of amides is 1. The minimum Gasteiger partial charge on any atom is -0.480 e. The van der Waals surface area contributed by atoms with Gasteiger partial charge in [-0.15, -0.1) is 0 Å². The van der Waals surface area contributed by atoms with Gasteiger partial charge in [-0.2, -0.15) is 0 Å². The van der Waals surface area contributed by atoms with E-state index < -0.39 is 22.8 Å². The van der Waals surface area contributed by atoms with Crippen molar-refractivity contribution < 1.29 is 19.6 Å². The Morgan fingerprint density at radius 2 is 2.04 bits per heavy atom. The van der Waals surface area contributed by atoms with Crippen molar-refractivity contribution in [2.45, 2.75) is 51.5 Å². The average Bonchev–Trinajstić information content (AvgIpc) is 2.50. The monoisotopic (exact) mass is 322 g/mol. The number of hydrogen-bond donors (Lipinski definition) is 2. The number of carbonyl (C=O) groups is 2. The van der Waals surface area contributed by atoms with E-state index in [9.17, 15) is 19.7 Å². The molecular weight excluding hydrogens is 300 g/mol. The van der Waals surface area contributed by atoms with E-state index in [1.807, 2.05) is 0 Å². The van der Waals surface area contributed by atoms with Crippen LogP contribution in [0.4, 0.5) is 5.69 Å². The lowest BCUT2D eigenvalue weighted by molar-refractivity contribution is -0.384.